The Morgan fingerprint density at radius 2 is 1.77 bits per heavy atom. The van der Waals surface area contributed by atoms with Crippen LogP contribution in [0.15, 0.2) is 35.9 Å². The molecule has 0 radical (unpaired) electrons. The molecule has 3 rings (SSSR count). The van der Waals surface area contributed by atoms with Gasteiger partial charge < -0.3 is 10.2 Å². The number of para-hydroxylation sites is 1. The van der Waals surface area contributed by atoms with Gasteiger partial charge in [-0.3, -0.25) is 9.69 Å². The molecular weight excluding hydrogens is 398 g/mol. The SMILES string of the molecule is O=C(C=C1CCC(CCN2CCN(c3ccccc3F)CC2)CC1)NCC(F)(F)F. The van der Waals surface area contributed by atoms with Gasteiger partial charge in [0.25, 0.3) is 0 Å². The molecule has 2 aliphatic rings. The number of rotatable bonds is 6. The molecule has 1 saturated carbocycles. The minimum Gasteiger partial charge on any atom is -0.367 e. The maximum Gasteiger partial charge on any atom is 0.405 e. The summed E-state index contributed by atoms with van der Waals surface area (Å²) >= 11 is 0. The molecule has 2 fully saturated rings. The van der Waals surface area contributed by atoms with Gasteiger partial charge in [-0.25, -0.2) is 4.39 Å². The third-order valence-electron chi connectivity index (χ3n) is 5.96. The molecule has 1 amide bonds. The van der Waals surface area contributed by atoms with E-state index in [1.807, 2.05) is 17.4 Å². The lowest BCUT2D eigenvalue weighted by Crippen LogP contribution is -2.47. The van der Waals surface area contributed by atoms with Gasteiger partial charge in [0, 0.05) is 32.3 Å². The summed E-state index contributed by atoms with van der Waals surface area (Å²) in [6.45, 7) is 3.15. The third-order valence-corrected chi connectivity index (χ3v) is 5.96. The Kier molecular flexibility index (Phi) is 7.75. The molecule has 166 valence electrons. The Hall–Kier alpha value is -2.09. The highest BCUT2D eigenvalue weighted by atomic mass is 19.4. The van der Waals surface area contributed by atoms with E-state index >= 15 is 0 Å². The minimum atomic E-state index is -4.38. The molecule has 1 aromatic carbocycles. The highest BCUT2D eigenvalue weighted by Gasteiger charge is 2.27. The average Bonchev–Trinajstić information content (AvgIpc) is 2.72. The highest BCUT2D eigenvalue weighted by Crippen LogP contribution is 2.30. The van der Waals surface area contributed by atoms with Crippen LogP contribution in [0.25, 0.3) is 0 Å². The molecular formula is C22H29F4N3O. The second-order valence-corrected chi connectivity index (χ2v) is 8.15. The van der Waals surface area contributed by atoms with Crippen molar-refractivity contribution in [2.45, 2.75) is 38.3 Å². The number of amides is 1. The van der Waals surface area contributed by atoms with Crippen LogP contribution in [-0.4, -0.2) is 56.3 Å². The van der Waals surface area contributed by atoms with Gasteiger partial charge in [-0.05, 0) is 56.7 Å². The van der Waals surface area contributed by atoms with Crippen molar-refractivity contribution < 1.29 is 22.4 Å². The number of carbonyl (C=O) groups excluding carboxylic acids is 1. The lowest BCUT2D eigenvalue weighted by molar-refractivity contribution is -0.135. The van der Waals surface area contributed by atoms with Crippen LogP contribution in [0.5, 0.6) is 0 Å². The van der Waals surface area contributed by atoms with Crippen molar-refractivity contribution in [3.8, 4) is 0 Å². The van der Waals surface area contributed by atoms with Crippen LogP contribution in [0.1, 0.15) is 32.1 Å². The van der Waals surface area contributed by atoms with Crippen LogP contribution in [0.2, 0.25) is 0 Å². The van der Waals surface area contributed by atoms with E-state index in [1.54, 1.807) is 6.07 Å². The number of benzene rings is 1. The summed E-state index contributed by atoms with van der Waals surface area (Å²) < 4.78 is 50.4. The number of hydrogen-bond donors (Lipinski definition) is 1. The normalized spacial score (nSPS) is 20.9. The Balaban J connectivity index is 1.34. The maximum absolute atomic E-state index is 13.9. The molecule has 8 heteroatoms. The van der Waals surface area contributed by atoms with Crippen LogP contribution in [0.3, 0.4) is 0 Å². The summed E-state index contributed by atoms with van der Waals surface area (Å²) in [6.07, 6.45) is 1.50. The first kappa shape index (κ1) is 22.6. The van der Waals surface area contributed by atoms with Crippen LogP contribution in [0, 0.1) is 11.7 Å². The molecule has 1 heterocycles. The predicted molar refractivity (Wildman–Crippen MR) is 109 cm³/mol. The largest absolute Gasteiger partial charge is 0.405 e. The van der Waals surface area contributed by atoms with Crippen molar-refractivity contribution in [3.63, 3.8) is 0 Å². The summed E-state index contributed by atoms with van der Waals surface area (Å²) in [5.74, 6) is -0.261. The molecule has 1 N–H and O–H groups in total. The van der Waals surface area contributed by atoms with Crippen molar-refractivity contribution in [1.82, 2.24) is 10.2 Å². The number of hydrogen-bond acceptors (Lipinski definition) is 3. The highest BCUT2D eigenvalue weighted by molar-refractivity contribution is 5.88. The number of anilines is 1. The van der Waals surface area contributed by atoms with E-state index in [-0.39, 0.29) is 5.82 Å². The van der Waals surface area contributed by atoms with E-state index in [2.05, 4.69) is 9.80 Å². The van der Waals surface area contributed by atoms with Gasteiger partial charge in [0.15, 0.2) is 0 Å². The summed E-state index contributed by atoms with van der Waals surface area (Å²) in [7, 11) is 0. The second kappa shape index (κ2) is 10.3. The average molecular weight is 427 g/mol. The lowest BCUT2D eigenvalue weighted by atomic mass is 9.83. The van der Waals surface area contributed by atoms with Crippen molar-refractivity contribution >= 4 is 11.6 Å². The number of alkyl halides is 3. The smallest absolute Gasteiger partial charge is 0.367 e. The van der Waals surface area contributed by atoms with Gasteiger partial charge in [0.05, 0.1) is 5.69 Å². The number of halogens is 4. The zero-order chi connectivity index (χ0) is 21.6. The van der Waals surface area contributed by atoms with Gasteiger partial charge in [-0.2, -0.15) is 13.2 Å². The molecule has 0 bridgehead atoms. The number of piperazine rings is 1. The molecule has 1 aliphatic carbocycles. The first-order valence-electron chi connectivity index (χ1n) is 10.6. The fourth-order valence-electron chi connectivity index (χ4n) is 4.19. The molecule has 0 spiro atoms. The van der Waals surface area contributed by atoms with E-state index in [0.717, 1.165) is 70.4 Å². The van der Waals surface area contributed by atoms with Gasteiger partial charge >= 0.3 is 6.18 Å². The molecule has 0 atom stereocenters. The zero-order valence-electron chi connectivity index (χ0n) is 17.1. The van der Waals surface area contributed by atoms with Crippen molar-refractivity contribution in [3.05, 3.63) is 41.7 Å². The summed E-state index contributed by atoms with van der Waals surface area (Å²) in [5.41, 5.74) is 1.60. The van der Waals surface area contributed by atoms with Crippen LogP contribution < -0.4 is 10.2 Å². The van der Waals surface area contributed by atoms with E-state index in [9.17, 15) is 22.4 Å². The monoisotopic (exact) mass is 427 g/mol. The quantitative estimate of drug-likeness (QED) is 0.548. The van der Waals surface area contributed by atoms with E-state index in [4.69, 9.17) is 0 Å². The van der Waals surface area contributed by atoms with Gasteiger partial charge in [0.1, 0.15) is 12.4 Å². The zero-order valence-corrected chi connectivity index (χ0v) is 17.1. The van der Waals surface area contributed by atoms with Crippen molar-refractivity contribution in [2.24, 2.45) is 5.92 Å². The Labute approximate surface area is 174 Å². The van der Waals surface area contributed by atoms with E-state index < -0.39 is 18.6 Å². The maximum atomic E-state index is 13.9. The summed E-state index contributed by atoms with van der Waals surface area (Å²) in [5, 5.41) is 1.89. The van der Waals surface area contributed by atoms with Gasteiger partial charge in [-0.15, -0.1) is 0 Å². The number of nitrogens with one attached hydrogen (secondary N) is 1. The van der Waals surface area contributed by atoms with Crippen LogP contribution in [-0.2, 0) is 4.79 Å². The Morgan fingerprint density at radius 1 is 1.10 bits per heavy atom. The van der Waals surface area contributed by atoms with Gasteiger partial charge in [0.2, 0.25) is 5.91 Å². The fourth-order valence-corrected chi connectivity index (χ4v) is 4.19. The lowest BCUT2D eigenvalue weighted by Gasteiger charge is -2.37. The standard InChI is InChI=1S/C22H29F4N3O/c23-19-3-1-2-4-20(19)29-13-11-28(12-14-29)10-9-17-5-7-18(8-6-17)15-21(30)27-16-22(24,25)26/h1-4,15,17H,5-14,16H2,(H,27,30). The van der Waals surface area contributed by atoms with Crippen LogP contribution in [0.4, 0.5) is 23.2 Å². The number of allylic oxidation sites excluding steroid dienone is 1. The molecule has 0 aromatic heterocycles. The summed E-state index contributed by atoms with van der Waals surface area (Å²) in [4.78, 5) is 16.1. The molecule has 0 unspecified atom stereocenters. The van der Waals surface area contributed by atoms with Crippen LogP contribution >= 0.6 is 0 Å². The predicted octanol–water partition coefficient (Wildman–Crippen LogP) is 4.13. The molecule has 4 nitrogen and oxygen atoms in total. The number of carbonyl (C=O) groups is 1. The molecule has 30 heavy (non-hydrogen) atoms. The minimum absolute atomic E-state index is 0.177. The Morgan fingerprint density at radius 3 is 2.40 bits per heavy atom. The second-order valence-electron chi connectivity index (χ2n) is 8.15. The number of nitrogens with zero attached hydrogens (tertiary/aromatic N) is 2. The summed E-state index contributed by atoms with van der Waals surface area (Å²) in [6, 6.07) is 6.88. The Bertz CT molecular complexity index is 732. The molecule has 1 aromatic rings. The first-order chi connectivity index (χ1) is 14.3. The first-order valence-corrected chi connectivity index (χ1v) is 10.6. The van der Waals surface area contributed by atoms with E-state index in [1.165, 1.54) is 12.1 Å². The van der Waals surface area contributed by atoms with Crippen molar-refractivity contribution in [1.29, 1.82) is 0 Å². The fraction of sp³-hybridized carbons (Fsp3) is 0.591. The van der Waals surface area contributed by atoms with E-state index in [0.29, 0.717) is 11.6 Å². The molecule has 1 saturated heterocycles. The van der Waals surface area contributed by atoms with Crippen molar-refractivity contribution in [2.75, 3.05) is 44.2 Å². The third kappa shape index (κ3) is 7.00. The topological polar surface area (TPSA) is 35.6 Å². The molecule has 1 aliphatic heterocycles. The van der Waals surface area contributed by atoms with Gasteiger partial charge in [-0.1, -0.05) is 17.7 Å².